The summed E-state index contributed by atoms with van der Waals surface area (Å²) in [6.45, 7) is 1.75. The molecule has 0 amide bonds. The normalized spacial score (nSPS) is 17.1. The van der Waals surface area contributed by atoms with Crippen molar-refractivity contribution in [1.29, 1.82) is 0 Å². The van der Waals surface area contributed by atoms with E-state index in [9.17, 15) is 0 Å². The van der Waals surface area contributed by atoms with Gasteiger partial charge in [-0.1, -0.05) is 0 Å². The first-order valence-corrected chi connectivity index (χ1v) is 5.52. The molecule has 3 nitrogen and oxygen atoms in total. The van der Waals surface area contributed by atoms with Crippen molar-refractivity contribution in [3.8, 4) is 0 Å². The van der Waals surface area contributed by atoms with Gasteiger partial charge in [0, 0.05) is 16.7 Å². The second kappa shape index (κ2) is 4.19. The number of rotatable bonds is 1. The van der Waals surface area contributed by atoms with Crippen molar-refractivity contribution in [3.63, 3.8) is 0 Å². The Morgan fingerprint density at radius 3 is 2.86 bits per heavy atom. The monoisotopic (exact) mass is 256 g/mol. The molecule has 0 aliphatic carbocycles. The van der Waals surface area contributed by atoms with Crippen LogP contribution in [0, 0.1) is 0 Å². The lowest BCUT2D eigenvalue weighted by molar-refractivity contribution is 0.0776. The summed E-state index contributed by atoms with van der Waals surface area (Å²) in [6.07, 6.45) is 2.32. The molecule has 0 spiro atoms. The molecule has 1 aliphatic rings. The van der Waals surface area contributed by atoms with Crippen molar-refractivity contribution in [3.05, 3.63) is 22.7 Å². The first-order chi connectivity index (χ1) is 6.77. The summed E-state index contributed by atoms with van der Waals surface area (Å²) < 4.78 is 0.986. The van der Waals surface area contributed by atoms with E-state index in [2.05, 4.69) is 15.9 Å². The number of nitrogen functional groups attached to an aromatic ring is 1. The van der Waals surface area contributed by atoms with E-state index in [4.69, 9.17) is 10.6 Å². The third kappa shape index (κ3) is 2.01. The fourth-order valence-electron chi connectivity index (χ4n) is 1.51. The van der Waals surface area contributed by atoms with Crippen molar-refractivity contribution in [2.75, 3.05) is 23.9 Å². The van der Waals surface area contributed by atoms with Crippen molar-refractivity contribution >= 4 is 27.3 Å². The van der Waals surface area contributed by atoms with Crippen LogP contribution in [-0.4, -0.2) is 13.2 Å². The van der Waals surface area contributed by atoms with Gasteiger partial charge in [-0.05, 0) is 47.0 Å². The van der Waals surface area contributed by atoms with Crippen molar-refractivity contribution in [1.82, 2.24) is 0 Å². The highest BCUT2D eigenvalue weighted by Crippen LogP contribution is 2.29. The minimum atomic E-state index is 0.762. The van der Waals surface area contributed by atoms with Gasteiger partial charge in [-0.2, -0.15) is 0 Å². The minimum Gasteiger partial charge on any atom is -0.399 e. The van der Waals surface area contributed by atoms with E-state index >= 15 is 0 Å². The van der Waals surface area contributed by atoms with Crippen LogP contribution < -0.4 is 10.8 Å². The second-order valence-corrected chi connectivity index (χ2v) is 4.21. The maximum absolute atomic E-state index is 5.67. The molecule has 1 aromatic carbocycles. The lowest BCUT2D eigenvalue weighted by Crippen LogP contribution is -2.30. The van der Waals surface area contributed by atoms with E-state index < -0.39 is 0 Å². The molecule has 2 N–H and O–H groups in total. The van der Waals surface area contributed by atoms with Gasteiger partial charge in [0.15, 0.2) is 0 Å². The summed E-state index contributed by atoms with van der Waals surface area (Å²) in [5.74, 6) is 0. The van der Waals surface area contributed by atoms with Gasteiger partial charge >= 0.3 is 0 Å². The average molecular weight is 257 g/mol. The molecule has 1 aromatic rings. The summed E-state index contributed by atoms with van der Waals surface area (Å²) in [7, 11) is 0. The topological polar surface area (TPSA) is 38.5 Å². The Morgan fingerprint density at radius 1 is 1.36 bits per heavy atom. The highest BCUT2D eigenvalue weighted by Gasteiger charge is 2.14. The standard InChI is InChI=1S/C10H13BrN2O/c11-9-7-8(12)3-4-10(9)13-5-1-2-6-14-13/h3-4,7H,1-2,5-6,12H2. The summed E-state index contributed by atoms with van der Waals surface area (Å²) >= 11 is 3.48. The molecule has 0 radical (unpaired) electrons. The largest absolute Gasteiger partial charge is 0.399 e. The number of hydroxylamine groups is 1. The van der Waals surface area contributed by atoms with E-state index in [1.54, 1.807) is 0 Å². The molecule has 0 saturated carbocycles. The van der Waals surface area contributed by atoms with Crippen LogP contribution in [0.1, 0.15) is 12.8 Å². The highest BCUT2D eigenvalue weighted by molar-refractivity contribution is 9.10. The van der Waals surface area contributed by atoms with Crippen LogP contribution >= 0.6 is 15.9 Å². The molecule has 0 atom stereocenters. The highest BCUT2D eigenvalue weighted by atomic mass is 79.9. The van der Waals surface area contributed by atoms with Crippen molar-refractivity contribution < 1.29 is 4.84 Å². The predicted octanol–water partition coefficient (Wildman–Crippen LogP) is 2.56. The van der Waals surface area contributed by atoms with E-state index in [0.29, 0.717) is 0 Å². The van der Waals surface area contributed by atoms with E-state index in [0.717, 1.165) is 35.4 Å². The Balaban J connectivity index is 2.22. The Morgan fingerprint density at radius 2 is 2.21 bits per heavy atom. The predicted molar refractivity (Wildman–Crippen MR) is 61.1 cm³/mol. The number of hydrogen-bond acceptors (Lipinski definition) is 3. The van der Waals surface area contributed by atoms with E-state index in [-0.39, 0.29) is 0 Å². The van der Waals surface area contributed by atoms with Crippen molar-refractivity contribution in [2.24, 2.45) is 0 Å². The van der Waals surface area contributed by atoms with Gasteiger partial charge < -0.3 is 5.73 Å². The number of anilines is 2. The number of nitrogens with zero attached hydrogens (tertiary/aromatic N) is 1. The molecule has 76 valence electrons. The summed E-state index contributed by atoms with van der Waals surface area (Å²) in [5, 5.41) is 1.92. The molecule has 1 heterocycles. The molecule has 0 unspecified atom stereocenters. The number of halogens is 1. The van der Waals surface area contributed by atoms with E-state index in [1.807, 2.05) is 23.3 Å². The van der Waals surface area contributed by atoms with Crippen LogP contribution in [0.5, 0.6) is 0 Å². The van der Waals surface area contributed by atoms with Crippen molar-refractivity contribution in [2.45, 2.75) is 12.8 Å². The van der Waals surface area contributed by atoms with Crippen LogP contribution in [-0.2, 0) is 4.84 Å². The Bertz CT molecular complexity index is 324. The SMILES string of the molecule is Nc1ccc(N2CCCCO2)c(Br)c1. The smallest absolute Gasteiger partial charge is 0.0780 e. The fourth-order valence-corrected chi connectivity index (χ4v) is 2.11. The molecule has 1 aliphatic heterocycles. The molecule has 4 heteroatoms. The lowest BCUT2D eigenvalue weighted by atomic mass is 10.2. The zero-order valence-corrected chi connectivity index (χ0v) is 9.46. The summed E-state index contributed by atoms with van der Waals surface area (Å²) in [5.41, 5.74) is 7.48. The van der Waals surface area contributed by atoms with E-state index in [1.165, 1.54) is 6.42 Å². The number of nitrogens with two attached hydrogens (primary N) is 1. The second-order valence-electron chi connectivity index (χ2n) is 3.35. The zero-order valence-electron chi connectivity index (χ0n) is 7.87. The van der Waals surface area contributed by atoms with Gasteiger partial charge in [-0.25, -0.2) is 0 Å². The lowest BCUT2D eigenvalue weighted by Gasteiger charge is -2.28. The molecule has 1 saturated heterocycles. The maximum atomic E-state index is 5.67. The number of hydrogen-bond donors (Lipinski definition) is 1. The van der Waals surface area contributed by atoms with Gasteiger partial charge in [0.2, 0.25) is 0 Å². The summed E-state index contributed by atoms with van der Waals surface area (Å²) in [6, 6.07) is 5.76. The van der Waals surface area contributed by atoms with Gasteiger partial charge in [0.1, 0.15) is 0 Å². The minimum absolute atomic E-state index is 0.762. The Labute approximate surface area is 91.9 Å². The summed E-state index contributed by atoms with van der Waals surface area (Å²) in [4.78, 5) is 5.55. The van der Waals surface area contributed by atoms with Crippen LogP contribution in [0.4, 0.5) is 11.4 Å². The van der Waals surface area contributed by atoms with Gasteiger partial charge in [-0.3, -0.25) is 9.90 Å². The molecular formula is C10H13BrN2O. The molecule has 14 heavy (non-hydrogen) atoms. The van der Waals surface area contributed by atoms with Crippen LogP contribution in [0.2, 0.25) is 0 Å². The van der Waals surface area contributed by atoms with Crippen LogP contribution in [0.15, 0.2) is 22.7 Å². The Kier molecular flexibility index (Phi) is 2.93. The quantitative estimate of drug-likeness (QED) is 0.786. The first kappa shape index (κ1) is 9.80. The van der Waals surface area contributed by atoms with Gasteiger partial charge in [0.25, 0.3) is 0 Å². The van der Waals surface area contributed by atoms with Gasteiger partial charge in [0.05, 0.1) is 12.3 Å². The molecular weight excluding hydrogens is 244 g/mol. The number of benzene rings is 1. The zero-order chi connectivity index (χ0) is 9.97. The Hall–Kier alpha value is -0.740. The average Bonchev–Trinajstić information content (AvgIpc) is 2.19. The molecule has 2 rings (SSSR count). The third-order valence-corrected chi connectivity index (χ3v) is 2.88. The first-order valence-electron chi connectivity index (χ1n) is 4.73. The molecule has 0 aromatic heterocycles. The van der Waals surface area contributed by atoms with Crippen LogP contribution in [0.25, 0.3) is 0 Å². The van der Waals surface area contributed by atoms with Crippen LogP contribution in [0.3, 0.4) is 0 Å². The molecule has 0 bridgehead atoms. The fraction of sp³-hybridized carbons (Fsp3) is 0.400. The molecule has 1 fully saturated rings. The third-order valence-electron chi connectivity index (χ3n) is 2.24. The maximum Gasteiger partial charge on any atom is 0.0780 e. The van der Waals surface area contributed by atoms with Gasteiger partial charge in [-0.15, -0.1) is 0 Å².